The van der Waals surface area contributed by atoms with Crippen LogP contribution >= 0.6 is 15.9 Å². The first-order chi connectivity index (χ1) is 10.0. The largest absolute Gasteiger partial charge is 0.262 e. The first-order valence-electron chi connectivity index (χ1n) is 7.64. The quantitative estimate of drug-likeness (QED) is 0.889. The summed E-state index contributed by atoms with van der Waals surface area (Å²) in [6.07, 6.45) is 9.22. The van der Waals surface area contributed by atoms with Gasteiger partial charge >= 0.3 is 0 Å². The minimum Gasteiger partial charge on any atom is -0.262 e. The van der Waals surface area contributed by atoms with Crippen molar-refractivity contribution < 1.29 is 8.42 Å². The second kappa shape index (κ2) is 5.03. The molecule has 0 spiro atoms. The number of aromatic nitrogens is 1. The van der Waals surface area contributed by atoms with Crippen LogP contribution in [0.4, 0.5) is 0 Å². The van der Waals surface area contributed by atoms with Gasteiger partial charge in [0.15, 0.2) is 0 Å². The predicted molar refractivity (Wildman–Crippen MR) is 83.1 cm³/mol. The molecular formula is C15H19BrN2O2S. The Balaban J connectivity index is 1.58. The fourth-order valence-electron chi connectivity index (χ4n) is 4.90. The minimum atomic E-state index is -3.47. The molecule has 1 N–H and O–H groups in total. The van der Waals surface area contributed by atoms with E-state index in [9.17, 15) is 8.42 Å². The Morgan fingerprint density at radius 3 is 2.24 bits per heavy atom. The van der Waals surface area contributed by atoms with Gasteiger partial charge in [-0.05, 0) is 77.8 Å². The maximum absolute atomic E-state index is 12.6. The van der Waals surface area contributed by atoms with Crippen molar-refractivity contribution in [1.29, 1.82) is 0 Å². The van der Waals surface area contributed by atoms with Crippen molar-refractivity contribution in [2.45, 2.75) is 43.0 Å². The SMILES string of the molecule is O=S(=O)(NC1C2CC3CC(C2)CC1C3)c1cncc(Br)c1. The van der Waals surface area contributed by atoms with Gasteiger partial charge in [0.1, 0.15) is 4.90 Å². The summed E-state index contributed by atoms with van der Waals surface area (Å²) in [5.41, 5.74) is 0. The van der Waals surface area contributed by atoms with Crippen molar-refractivity contribution in [2.75, 3.05) is 0 Å². The Morgan fingerprint density at radius 1 is 1.05 bits per heavy atom. The highest BCUT2D eigenvalue weighted by Gasteiger charge is 2.49. The highest BCUT2D eigenvalue weighted by atomic mass is 79.9. The lowest BCUT2D eigenvalue weighted by Crippen LogP contribution is -2.55. The Hall–Kier alpha value is -0.460. The summed E-state index contributed by atoms with van der Waals surface area (Å²) < 4.78 is 28.9. The number of sulfonamides is 1. The third-order valence-electron chi connectivity index (χ3n) is 5.51. The average molecular weight is 371 g/mol. The van der Waals surface area contributed by atoms with Gasteiger partial charge in [0.25, 0.3) is 0 Å². The van der Waals surface area contributed by atoms with Gasteiger partial charge in [0, 0.05) is 22.9 Å². The van der Waals surface area contributed by atoms with Crippen LogP contribution in [0.3, 0.4) is 0 Å². The number of hydrogen-bond acceptors (Lipinski definition) is 3. The van der Waals surface area contributed by atoms with Crippen molar-refractivity contribution in [1.82, 2.24) is 9.71 Å². The van der Waals surface area contributed by atoms with Crippen LogP contribution in [-0.4, -0.2) is 19.4 Å². The van der Waals surface area contributed by atoms with Crippen molar-refractivity contribution in [3.63, 3.8) is 0 Å². The second-order valence-corrected chi connectivity index (χ2v) is 9.55. The molecule has 1 heterocycles. The summed E-state index contributed by atoms with van der Waals surface area (Å²) in [5, 5.41) is 0. The van der Waals surface area contributed by atoms with Gasteiger partial charge in [0.2, 0.25) is 10.0 Å². The van der Waals surface area contributed by atoms with Gasteiger partial charge in [-0.2, -0.15) is 0 Å². The number of halogens is 1. The van der Waals surface area contributed by atoms with E-state index in [0.29, 0.717) is 16.3 Å². The van der Waals surface area contributed by atoms with Gasteiger partial charge in [-0.15, -0.1) is 0 Å². The smallest absolute Gasteiger partial charge is 0.242 e. The standard InChI is InChI=1S/C15H19BrN2O2S/c16-13-6-14(8-17-7-13)21(19,20)18-15-11-2-9-1-10(4-11)5-12(15)3-9/h6-12,15,18H,1-5H2. The van der Waals surface area contributed by atoms with Crippen LogP contribution in [0.25, 0.3) is 0 Å². The molecule has 5 rings (SSSR count). The Labute approximate surface area is 133 Å². The molecule has 0 radical (unpaired) electrons. The summed E-state index contributed by atoms with van der Waals surface area (Å²) in [6, 6.07) is 1.74. The second-order valence-electron chi connectivity index (χ2n) is 6.92. The van der Waals surface area contributed by atoms with Crippen LogP contribution in [-0.2, 0) is 10.0 Å². The summed E-state index contributed by atoms with van der Waals surface area (Å²) in [7, 11) is -3.47. The van der Waals surface area contributed by atoms with E-state index >= 15 is 0 Å². The summed E-state index contributed by atoms with van der Waals surface area (Å²) in [6.45, 7) is 0. The predicted octanol–water partition coefficient (Wildman–Crippen LogP) is 2.95. The normalized spacial score (nSPS) is 37.9. The molecule has 0 atom stereocenters. The molecule has 114 valence electrons. The lowest BCUT2D eigenvalue weighted by molar-refractivity contribution is -0.00557. The van der Waals surface area contributed by atoms with Gasteiger partial charge < -0.3 is 0 Å². The number of rotatable bonds is 3. The van der Waals surface area contributed by atoms with Crippen LogP contribution < -0.4 is 4.72 Å². The molecule has 0 saturated heterocycles. The topological polar surface area (TPSA) is 59.1 Å². The number of pyridine rings is 1. The molecule has 6 heteroatoms. The van der Waals surface area contributed by atoms with Crippen LogP contribution in [0, 0.1) is 23.7 Å². The molecule has 1 aromatic heterocycles. The zero-order valence-corrected chi connectivity index (χ0v) is 14.1. The summed E-state index contributed by atoms with van der Waals surface area (Å²) in [5.74, 6) is 2.77. The highest BCUT2D eigenvalue weighted by Crippen LogP contribution is 2.53. The molecular weight excluding hydrogens is 352 g/mol. The third kappa shape index (κ3) is 2.55. The molecule has 4 aliphatic rings. The zero-order valence-electron chi connectivity index (χ0n) is 11.7. The molecule has 4 nitrogen and oxygen atoms in total. The first-order valence-corrected chi connectivity index (χ1v) is 9.92. The van der Waals surface area contributed by atoms with Crippen molar-refractivity contribution in [3.05, 3.63) is 22.9 Å². The van der Waals surface area contributed by atoms with Crippen molar-refractivity contribution in [2.24, 2.45) is 23.7 Å². The van der Waals surface area contributed by atoms with Gasteiger partial charge in [-0.25, -0.2) is 13.1 Å². The number of nitrogens with zero attached hydrogens (tertiary/aromatic N) is 1. The van der Waals surface area contributed by atoms with Gasteiger partial charge in [-0.3, -0.25) is 4.98 Å². The Bertz CT molecular complexity index is 633. The van der Waals surface area contributed by atoms with E-state index in [1.807, 2.05) is 0 Å². The molecule has 21 heavy (non-hydrogen) atoms. The van der Waals surface area contributed by atoms with E-state index in [0.717, 1.165) is 11.8 Å². The van der Waals surface area contributed by atoms with E-state index in [1.165, 1.54) is 38.3 Å². The summed E-state index contributed by atoms with van der Waals surface area (Å²) >= 11 is 3.29. The van der Waals surface area contributed by atoms with Crippen LogP contribution in [0.15, 0.2) is 27.8 Å². The molecule has 0 amide bonds. The fourth-order valence-corrected chi connectivity index (χ4v) is 6.78. The Morgan fingerprint density at radius 2 is 1.67 bits per heavy atom. The van der Waals surface area contributed by atoms with E-state index in [-0.39, 0.29) is 10.9 Å². The maximum Gasteiger partial charge on any atom is 0.242 e. The lowest BCUT2D eigenvalue weighted by atomic mass is 9.54. The van der Waals surface area contributed by atoms with Crippen LogP contribution in [0.1, 0.15) is 32.1 Å². The molecule has 4 saturated carbocycles. The maximum atomic E-state index is 12.6. The fraction of sp³-hybridized carbons (Fsp3) is 0.667. The number of hydrogen-bond donors (Lipinski definition) is 1. The minimum absolute atomic E-state index is 0.127. The molecule has 4 fully saturated rings. The molecule has 0 aliphatic heterocycles. The van der Waals surface area contributed by atoms with Gasteiger partial charge in [-0.1, -0.05) is 0 Å². The zero-order chi connectivity index (χ0) is 14.6. The lowest BCUT2D eigenvalue weighted by Gasteiger charge is -2.54. The third-order valence-corrected chi connectivity index (χ3v) is 7.37. The van der Waals surface area contributed by atoms with E-state index in [4.69, 9.17) is 0 Å². The van der Waals surface area contributed by atoms with E-state index in [2.05, 4.69) is 25.6 Å². The molecule has 0 aromatic carbocycles. The average Bonchev–Trinajstić information content (AvgIpc) is 2.42. The molecule has 4 bridgehead atoms. The number of nitrogens with one attached hydrogen (secondary N) is 1. The first kappa shape index (κ1) is 14.2. The van der Waals surface area contributed by atoms with Crippen molar-refractivity contribution in [3.8, 4) is 0 Å². The van der Waals surface area contributed by atoms with Crippen LogP contribution in [0.5, 0.6) is 0 Å². The molecule has 4 aliphatic carbocycles. The van der Waals surface area contributed by atoms with E-state index < -0.39 is 10.0 Å². The summed E-state index contributed by atoms with van der Waals surface area (Å²) in [4.78, 5) is 4.22. The van der Waals surface area contributed by atoms with Crippen molar-refractivity contribution >= 4 is 26.0 Å². The van der Waals surface area contributed by atoms with E-state index in [1.54, 1.807) is 12.3 Å². The monoisotopic (exact) mass is 370 g/mol. The molecule has 0 unspecified atom stereocenters. The van der Waals surface area contributed by atoms with Crippen LogP contribution in [0.2, 0.25) is 0 Å². The Kier molecular flexibility index (Phi) is 3.39. The molecule has 1 aromatic rings. The van der Waals surface area contributed by atoms with Gasteiger partial charge in [0.05, 0.1) is 0 Å². The highest BCUT2D eigenvalue weighted by molar-refractivity contribution is 9.10.